The molecule has 8 heteroatoms. The molecule has 0 aliphatic carbocycles. The number of ether oxygens (including phenoxy) is 3. The SMILES string of the molecule is CCNC(=NCc1ccc(F)c(COC)c1)NCCCOCCOC.I. The van der Waals surface area contributed by atoms with Gasteiger partial charge in [-0.25, -0.2) is 9.38 Å². The van der Waals surface area contributed by atoms with Gasteiger partial charge in [-0.1, -0.05) is 6.07 Å². The van der Waals surface area contributed by atoms with E-state index < -0.39 is 0 Å². The van der Waals surface area contributed by atoms with Crippen LogP contribution in [0.2, 0.25) is 0 Å². The minimum absolute atomic E-state index is 0. The number of methoxy groups -OCH3 is 2. The molecule has 0 heterocycles. The van der Waals surface area contributed by atoms with Crippen molar-refractivity contribution in [2.75, 3.05) is 47.1 Å². The van der Waals surface area contributed by atoms with Crippen LogP contribution in [0.3, 0.4) is 0 Å². The van der Waals surface area contributed by atoms with Gasteiger partial charge in [-0.15, -0.1) is 24.0 Å². The zero-order chi connectivity index (χ0) is 18.3. The minimum Gasteiger partial charge on any atom is -0.382 e. The highest BCUT2D eigenvalue weighted by molar-refractivity contribution is 14.0. The van der Waals surface area contributed by atoms with Gasteiger partial charge < -0.3 is 24.8 Å². The molecule has 0 unspecified atom stereocenters. The Kier molecular flexibility index (Phi) is 15.6. The average molecular weight is 483 g/mol. The molecule has 0 radical (unpaired) electrons. The van der Waals surface area contributed by atoms with Crippen LogP contribution in [0.15, 0.2) is 23.2 Å². The summed E-state index contributed by atoms with van der Waals surface area (Å²) in [4.78, 5) is 4.53. The predicted octanol–water partition coefficient (Wildman–Crippen LogP) is 2.70. The van der Waals surface area contributed by atoms with Crippen molar-refractivity contribution in [1.82, 2.24) is 10.6 Å². The highest BCUT2D eigenvalue weighted by Gasteiger charge is 2.04. The van der Waals surface area contributed by atoms with Crippen molar-refractivity contribution < 1.29 is 18.6 Å². The van der Waals surface area contributed by atoms with E-state index in [2.05, 4.69) is 15.6 Å². The van der Waals surface area contributed by atoms with Crippen molar-refractivity contribution in [3.8, 4) is 0 Å². The largest absolute Gasteiger partial charge is 0.382 e. The molecule has 0 aliphatic rings. The Morgan fingerprint density at radius 1 is 1.12 bits per heavy atom. The van der Waals surface area contributed by atoms with E-state index in [9.17, 15) is 4.39 Å². The molecule has 1 aromatic carbocycles. The fraction of sp³-hybridized carbons (Fsp3) is 0.611. The number of aliphatic imine (C=N–C) groups is 1. The molecular formula is C18H31FIN3O3. The maximum Gasteiger partial charge on any atom is 0.191 e. The molecule has 2 N–H and O–H groups in total. The van der Waals surface area contributed by atoms with Crippen molar-refractivity contribution in [2.24, 2.45) is 4.99 Å². The average Bonchev–Trinajstić information content (AvgIpc) is 2.61. The molecule has 6 nitrogen and oxygen atoms in total. The first-order chi connectivity index (χ1) is 12.2. The number of benzene rings is 1. The van der Waals surface area contributed by atoms with E-state index in [1.54, 1.807) is 26.4 Å². The van der Waals surface area contributed by atoms with Gasteiger partial charge in [0.2, 0.25) is 0 Å². The van der Waals surface area contributed by atoms with Crippen LogP contribution >= 0.6 is 24.0 Å². The maximum atomic E-state index is 13.6. The van der Waals surface area contributed by atoms with Gasteiger partial charge in [0.25, 0.3) is 0 Å². The van der Waals surface area contributed by atoms with E-state index in [1.807, 2.05) is 6.92 Å². The molecular weight excluding hydrogens is 452 g/mol. The lowest BCUT2D eigenvalue weighted by molar-refractivity contribution is 0.0698. The van der Waals surface area contributed by atoms with Crippen molar-refractivity contribution in [1.29, 1.82) is 0 Å². The second-order valence-corrected chi connectivity index (χ2v) is 5.44. The number of hydrogen-bond acceptors (Lipinski definition) is 4. The Morgan fingerprint density at radius 2 is 1.92 bits per heavy atom. The zero-order valence-corrected chi connectivity index (χ0v) is 18.2. The minimum atomic E-state index is -0.256. The van der Waals surface area contributed by atoms with Crippen molar-refractivity contribution in [2.45, 2.75) is 26.5 Å². The van der Waals surface area contributed by atoms with Crippen LogP contribution in [-0.4, -0.2) is 53.1 Å². The first kappa shape index (κ1) is 25.0. The molecule has 0 atom stereocenters. The number of nitrogens with zero attached hydrogens (tertiary/aromatic N) is 1. The van der Waals surface area contributed by atoms with Gasteiger partial charge in [0, 0.05) is 39.5 Å². The summed E-state index contributed by atoms with van der Waals surface area (Å²) >= 11 is 0. The van der Waals surface area contributed by atoms with Gasteiger partial charge in [-0.3, -0.25) is 0 Å². The van der Waals surface area contributed by atoms with Crippen LogP contribution in [0.1, 0.15) is 24.5 Å². The van der Waals surface area contributed by atoms with E-state index in [0.29, 0.717) is 31.9 Å². The predicted molar refractivity (Wildman–Crippen MR) is 113 cm³/mol. The quantitative estimate of drug-likeness (QED) is 0.207. The summed E-state index contributed by atoms with van der Waals surface area (Å²) in [7, 11) is 3.21. The fourth-order valence-electron chi connectivity index (χ4n) is 2.13. The second-order valence-electron chi connectivity index (χ2n) is 5.44. The first-order valence-electron chi connectivity index (χ1n) is 8.56. The highest BCUT2D eigenvalue weighted by Crippen LogP contribution is 2.12. The topological polar surface area (TPSA) is 64.1 Å². The Bertz CT molecular complexity index is 518. The van der Waals surface area contributed by atoms with Crippen LogP contribution in [0.5, 0.6) is 0 Å². The van der Waals surface area contributed by atoms with Gasteiger partial charge in [-0.2, -0.15) is 0 Å². The second kappa shape index (κ2) is 16.2. The van der Waals surface area contributed by atoms with Crippen LogP contribution < -0.4 is 10.6 Å². The maximum absolute atomic E-state index is 13.6. The summed E-state index contributed by atoms with van der Waals surface area (Å²) in [6.07, 6.45) is 0.878. The molecule has 1 aromatic rings. The number of hydrogen-bond donors (Lipinski definition) is 2. The van der Waals surface area contributed by atoms with Crippen LogP contribution in [0, 0.1) is 5.82 Å². The Balaban J connectivity index is 0.00000625. The lowest BCUT2D eigenvalue weighted by Crippen LogP contribution is -2.38. The highest BCUT2D eigenvalue weighted by atomic mass is 127. The molecule has 0 fully saturated rings. The van der Waals surface area contributed by atoms with Crippen molar-refractivity contribution >= 4 is 29.9 Å². The van der Waals surface area contributed by atoms with E-state index >= 15 is 0 Å². The lowest BCUT2D eigenvalue weighted by Gasteiger charge is -2.12. The Labute approximate surface area is 172 Å². The van der Waals surface area contributed by atoms with Crippen molar-refractivity contribution in [3.63, 3.8) is 0 Å². The summed E-state index contributed by atoms with van der Waals surface area (Å²) in [5.41, 5.74) is 1.48. The van der Waals surface area contributed by atoms with Gasteiger partial charge >= 0.3 is 0 Å². The molecule has 26 heavy (non-hydrogen) atoms. The normalized spacial score (nSPS) is 11.2. The molecule has 0 saturated carbocycles. The third kappa shape index (κ3) is 10.9. The third-order valence-electron chi connectivity index (χ3n) is 3.36. The van der Waals surface area contributed by atoms with E-state index in [0.717, 1.165) is 31.0 Å². The molecule has 0 aliphatic heterocycles. The van der Waals surface area contributed by atoms with Crippen LogP contribution in [0.4, 0.5) is 4.39 Å². The number of rotatable bonds is 12. The van der Waals surface area contributed by atoms with E-state index in [1.165, 1.54) is 6.07 Å². The van der Waals surface area contributed by atoms with Crippen LogP contribution in [-0.2, 0) is 27.4 Å². The summed E-state index contributed by atoms with van der Waals surface area (Å²) < 4.78 is 29.0. The van der Waals surface area contributed by atoms with E-state index in [-0.39, 0.29) is 36.4 Å². The van der Waals surface area contributed by atoms with Crippen LogP contribution in [0.25, 0.3) is 0 Å². The first-order valence-corrected chi connectivity index (χ1v) is 8.56. The molecule has 0 aromatic heterocycles. The lowest BCUT2D eigenvalue weighted by atomic mass is 10.1. The molecule has 150 valence electrons. The van der Waals surface area contributed by atoms with Gasteiger partial charge in [0.1, 0.15) is 5.82 Å². The van der Waals surface area contributed by atoms with Gasteiger partial charge in [0.05, 0.1) is 26.4 Å². The van der Waals surface area contributed by atoms with Gasteiger partial charge in [0.15, 0.2) is 5.96 Å². The fourth-order valence-corrected chi connectivity index (χ4v) is 2.13. The smallest absolute Gasteiger partial charge is 0.191 e. The number of halogens is 2. The summed E-state index contributed by atoms with van der Waals surface area (Å²) in [5, 5.41) is 6.46. The Hall–Kier alpha value is -0.970. The summed E-state index contributed by atoms with van der Waals surface area (Å²) in [5.74, 6) is 0.477. The zero-order valence-electron chi connectivity index (χ0n) is 15.8. The Morgan fingerprint density at radius 3 is 2.62 bits per heavy atom. The van der Waals surface area contributed by atoms with Gasteiger partial charge in [-0.05, 0) is 31.0 Å². The van der Waals surface area contributed by atoms with Crippen molar-refractivity contribution in [3.05, 3.63) is 35.1 Å². The molecule has 1 rings (SSSR count). The number of guanidine groups is 1. The molecule has 0 spiro atoms. The monoisotopic (exact) mass is 483 g/mol. The molecule has 0 saturated heterocycles. The number of nitrogens with one attached hydrogen (secondary N) is 2. The molecule has 0 amide bonds. The molecule has 0 bridgehead atoms. The van der Waals surface area contributed by atoms with E-state index in [4.69, 9.17) is 14.2 Å². The standard InChI is InChI=1S/C18H30FN3O3.HI/c1-4-20-18(21-8-5-9-25-11-10-23-2)22-13-15-6-7-17(19)16(12-15)14-24-3;/h6-7,12H,4-5,8-11,13-14H2,1-3H3,(H2,20,21,22);1H. The summed E-state index contributed by atoms with van der Waals surface area (Å²) in [6, 6.07) is 4.98. The third-order valence-corrected chi connectivity index (χ3v) is 3.36. The summed E-state index contributed by atoms with van der Waals surface area (Å²) in [6.45, 7) is 6.17.